The van der Waals surface area contributed by atoms with Gasteiger partial charge in [0.1, 0.15) is 0 Å². The van der Waals surface area contributed by atoms with Gasteiger partial charge in [0, 0.05) is 41.8 Å². The van der Waals surface area contributed by atoms with Gasteiger partial charge in [-0.15, -0.1) is 0 Å². The van der Waals surface area contributed by atoms with E-state index in [4.69, 9.17) is 16.1 Å². The number of nitrogens with one attached hydrogen (secondary N) is 2. The minimum absolute atomic E-state index is 0.118. The molecule has 3 saturated heterocycles. The van der Waals surface area contributed by atoms with E-state index in [-0.39, 0.29) is 12.1 Å². The molecular weight excluding hydrogens is 316 g/mol. The van der Waals surface area contributed by atoms with Gasteiger partial charge in [-0.2, -0.15) is 0 Å². The van der Waals surface area contributed by atoms with Gasteiger partial charge in [-0.3, -0.25) is 5.32 Å². The Balaban J connectivity index is 1.46. The Hall–Kier alpha value is -2.05. The van der Waals surface area contributed by atoms with Crippen LogP contribution >= 0.6 is 11.6 Å². The van der Waals surface area contributed by atoms with Gasteiger partial charge in [-0.1, -0.05) is 28.9 Å². The van der Waals surface area contributed by atoms with E-state index in [0.29, 0.717) is 22.6 Å². The molecule has 4 heterocycles. The first-order valence-electron chi connectivity index (χ1n) is 7.73. The molecule has 23 heavy (non-hydrogen) atoms. The highest BCUT2D eigenvalue weighted by atomic mass is 35.5. The number of nitrogens with zero attached hydrogens (tertiary/aromatic N) is 2. The summed E-state index contributed by atoms with van der Waals surface area (Å²) >= 11 is 5.98. The topological polar surface area (TPSA) is 70.4 Å². The number of piperidine rings is 2. The van der Waals surface area contributed by atoms with Gasteiger partial charge in [-0.05, 0) is 25.0 Å². The lowest BCUT2D eigenvalue weighted by Gasteiger charge is -2.45. The zero-order valence-electron chi connectivity index (χ0n) is 12.5. The van der Waals surface area contributed by atoms with E-state index < -0.39 is 0 Å². The van der Waals surface area contributed by atoms with E-state index in [1.54, 1.807) is 18.2 Å². The minimum Gasteiger partial charge on any atom is -0.354 e. The SMILES string of the molecule is O=C(Nc1cc(-c2cccc(Cl)c2)on1)N1CC2CCC1CN2. The van der Waals surface area contributed by atoms with Crippen molar-refractivity contribution in [2.75, 3.05) is 18.4 Å². The second-order valence-corrected chi connectivity index (χ2v) is 6.44. The van der Waals surface area contributed by atoms with Crippen LogP contribution in [-0.4, -0.2) is 41.3 Å². The number of amides is 2. The fraction of sp³-hybridized carbons (Fsp3) is 0.375. The summed E-state index contributed by atoms with van der Waals surface area (Å²) in [5, 5.41) is 10.8. The number of fused-ring (bicyclic) bond motifs is 3. The maximum Gasteiger partial charge on any atom is 0.323 e. The lowest BCUT2D eigenvalue weighted by molar-refractivity contribution is 0.106. The summed E-state index contributed by atoms with van der Waals surface area (Å²) in [6, 6.07) is 9.58. The highest BCUT2D eigenvalue weighted by Gasteiger charge is 2.36. The van der Waals surface area contributed by atoms with Crippen molar-refractivity contribution in [2.24, 2.45) is 0 Å². The summed E-state index contributed by atoms with van der Waals surface area (Å²) in [6.45, 7) is 1.61. The molecule has 1 aromatic heterocycles. The Kier molecular flexibility index (Phi) is 3.71. The first kappa shape index (κ1) is 14.5. The summed E-state index contributed by atoms with van der Waals surface area (Å²) in [5.41, 5.74) is 0.826. The molecule has 0 saturated carbocycles. The molecule has 6 nitrogen and oxygen atoms in total. The van der Waals surface area contributed by atoms with Crippen molar-refractivity contribution < 1.29 is 9.32 Å². The number of aromatic nitrogens is 1. The maximum atomic E-state index is 12.4. The molecule has 2 unspecified atom stereocenters. The van der Waals surface area contributed by atoms with Crippen molar-refractivity contribution in [3.63, 3.8) is 0 Å². The van der Waals surface area contributed by atoms with E-state index in [2.05, 4.69) is 15.8 Å². The van der Waals surface area contributed by atoms with Crippen LogP contribution in [-0.2, 0) is 0 Å². The quantitative estimate of drug-likeness (QED) is 0.887. The number of urea groups is 1. The summed E-state index contributed by atoms with van der Waals surface area (Å²) in [6.07, 6.45) is 2.19. The molecular formula is C16H17ClN4O2. The van der Waals surface area contributed by atoms with Crippen molar-refractivity contribution in [1.29, 1.82) is 0 Å². The van der Waals surface area contributed by atoms with Gasteiger partial charge < -0.3 is 14.7 Å². The van der Waals surface area contributed by atoms with Crippen molar-refractivity contribution >= 4 is 23.4 Å². The van der Waals surface area contributed by atoms with Crippen LogP contribution in [0.5, 0.6) is 0 Å². The van der Waals surface area contributed by atoms with Gasteiger partial charge >= 0.3 is 6.03 Å². The third-order valence-electron chi connectivity index (χ3n) is 4.46. The van der Waals surface area contributed by atoms with Gasteiger partial charge in [-0.25, -0.2) is 4.79 Å². The lowest BCUT2D eigenvalue weighted by Crippen LogP contribution is -2.63. The smallest absolute Gasteiger partial charge is 0.323 e. The maximum absolute atomic E-state index is 12.4. The summed E-state index contributed by atoms with van der Waals surface area (Å²) < 4.78 is 5.30. The molecule has 3 aliphatic rings. The van der Waals surface area contributed by atoms with E-state index in [1.165, 1.54) is 0 Å². The van der Waals surface area contributed by atoms with Crippen LogP contribution < -0.4 is 10.6 Å². The summed E-state index contributed by atoms with van der Waals surface area (Å²) in [7, 11) is 0. The fourth-order valence-electron chi connectivity index (χ4n) is 3.25. The Morgan fingerprint density at radius 1 is 1.39 bits per heavy atom. The number of carbonyl (C=O) groups excluding carboxylic acids is 1. The number of rotatable bonds is 2. The van der Waals surface area contributed by atoms with Crippen LogP contribution in [0.15, 0.2) is 34.9 Å². The second kappa shape index (κ2) is 5.86. The molecule has 2 amide bonds. The minimum atomic E-state index is -0.118. The molecule has 5 rings (SSSR count). The molecule has 3 aliphatic heterocycles. The molecule has 7 heteroatoms. The van der Waals surface area contributed by atoms with Crippen molar-refractivity contribution in [2.45, 2.75) is 24.9 Å². The summed E-state index contributed by atoms with van der Waals surface area (Å²) in [4.78, 5) is 14.3. The number of carbonyl (C=O) groups is 1. The molecule has 0 spiro atoms. The van der Waals surface area contributed by atoms with Gasteiger partial charge in [0.2, 0.25) is 0 Å². The normalized spacial score (nSPS) is 23.1. The third kappa shape index (κ3) is 2.92. The van der Waals surface area contributed by atoms with Crippen LogP contribution in [0.3, 0.4) is 0 Å². The third-order valence-corrected chi connectivity index (χ3v) is 4.70. The highest BCUT2D eigenvalue weighted by Crippen LogP contribution is 2.26. The Morgan fingerprint density at radius 3 is 3.00 bits per heavy atom. The Labute approximate surface area is 138 Å². The van der Waals surface area contributed by atoms with Gasteiger partial charge in [0.05, 0.1) is 0 Å². The first-order chi connectivity index (χ1) is 11.2. The average molecular weight is 333 g/mol. The number of halogens is 1. The Morgan fingerprint density at radius 2 is 2.30 bits per heavy atom. The molecule has 120 valence electrons. The highest BCUT2D eigenvalue weighted by molar-refractivity contribution is 6.30. The standard InChI is InChI=1S/C16H17ClN4O2/c17-11-3-1-2-10(6-11)14-7-15(20-23-14)19-16(22)21-9-12-4-5-13(21)8-18-12/h1-3,6-7,12-13,18H,4-5,8-9H2,(H,19,20,22). The predicted molar refractivity (Wildman–Crippen MR) is 87.5 cm³/mol. The number of hydrogen-bond donors (Lipinski definition) is 2. The molecule has 0 radical (unpaired) electrons. The zero-order chi connectivity index (χ0) is 15.8. The van der Waals surface area contributed by atoms with E-state index >= 15 is 0 Å². The Bertz CT molecular complexity index is 724. The largest absolute Gasteiger partial charge is 0.354 e. The fourth-order valence-corrected chi connectivity index (χ4v) is 3.44. The first-order valence-corrected chi connectivity index (χ1v) is 8.10. The van der Waals surface area contributed by atoms with Crippen molar-refractivity contribution in [3.8, 4) is 11.3 Å². The molecule has 3 fully saturated rings. The van der Waals surface area contributed by atoms with E-state index in [9.17, 15) is 4.79 Å². The molecule has 2 aromatic rings. The van der Waals surface area contributed by atoms with Crippen LogP contribution in [0.1, 0.15) is 12.8 Å². The lowest BCUT2D eigenvalue weighted by atomic mass is 9.93. The number of hydrogen-bond acceptors (Lipinski definition) is 4. The van der Waals surface area contributed by atoms with Crippen LogP contribution in [0, 0.1) is 0 Å². The number of benzene rings is 1. The van der Waals surface area contributed by atoms with Gasteiger partial charge in [0.15, 0.2) is 11.6 Å². The van der Waals surface area contributed by atoms with Crippen LogP contribution in [0.4, 0.5) is 10.6 Å². The molecule has 2 bridgehead atoms. The van der Waals surface area contributed by atoms with Crippen molar-refractivity contribution in [1.82, 2.24) is 15.4 Å². The molecule has 1 aromatic carbocycles. The average Bonchev–Trinajstić information content (AvgIpc) is 3.04. The summed E-state index contributed by atoms with van der Waals surface area (Å²) in [5.74, 6) is 0.990. The second-order valence-electron chi connectivity index (χ2n) is 6.01. The number of piperazine rings is 1. The van der Waals surface area contributed by atoms with Crippen LogP contribution in [0.25, 0.3) is 11.3 Å². The van der Waals surface area contributed by atoms with Crippen LogP contribution in [0.2, 0.25) is 5.02 Å². The molecule has 0 aliphatic carbocycles. The van der Waals surface area contributed by atoms with Gasteiger partial charge in [0.25, 0.3) is 0 Å². The number of anilines is 1. The molecule has 2 N–H and O–H groups in total. The van der Waals surface area contributed by atoms with E-state index in [1.807, 2.05) is 17.0 Å². The monoisotopic (exact) mass is 332 g/mol. The zero-order valence-corrected chi connectivity index (χ0v) is 13.2. The molecule has 2 atom stereocenters. The van der Waals surface area contributed by atoms with Crippen molar-refractivity contribution in [3.05, 3.63) is 35.4 Å². The predicted octanol–water partition coefficient (Wildman–Crippen LogP) is 2.96. The van der Waals surface area contributed by atoms with E-state index in [0.717, 1.165) is 31.5 Å².